The van der Waals surface area contributed by atoms with E-state index in [0.717, 1.165) is 24.8 Å². The Hall–Kier alpha value is -2.64. The van der Waals surface area contributed by atoms with Crippen LogP contribution >= 0.6 is 11.6 Å². The van der Waals surface area contributed by atoms with Gasteiger partial charge >= 0.3 is 0 Å². The van der Waals surface area contributed by atoms with Crippen molar-refractivity contribution in [3.8, 4) is 0 Å². The second kappa shape index (κ2) is 9.02. The predicted octanol–water partition coefficient (Wildman–Crippen LogP) is 2.91. The normalized spacial score (nSPS) is 17.2. The molecule has 2 aromatic carbocycles. The summed E-state index contributed by atoms with van der Waals surface area (Å²) in [5.74, 6) is -0.774. The molecule has 6 nitrogen and oxygen atoms in total. The molecule has 2 aliphatic rings. The summed E-state index contributed by atoms with van der Waals surface area (Å²) in [4.78, 5) is 31.2. The van der Waals surface area contributed by atoms with Crippen LogP contribution in [0.5, 0.6) is 0 Å². The first-order valence-corrected chi connectivity index (χ1v) is 10.4. The summed E-state index contributed by atoms with van der Waals surface area (Å²) >= 11 is 6.01. The molecule has 0 N–H and O–H groups in total. The van der Waals surface area contributed by atoms with Gasteiger partial charge in [-0.3, -0.25) is 9.59 Å². The highest BCUT2D eigenvalue weighted by Gasteiger charge is 2.26. The summed E-state index contributed by atoms with van der Waals surface area (Å²) in [5.41, 5.74) is 1.99. The summed E-state index contributed by atoms with van der Waals surface area (Å²) in [5, 5.41) is 0.0962. The molecule has 4 rings (SSSR count). The molecule has 0 aliphatic carbocycles. The monoisotopic (exact) mass is 431 g/mol. The molecule has 2 amide bonds. The van der Waals surface area contributed by atoms with E-state index in [1.165, 1.54) is 12.1 Å². The maximum Gasteiger partial charge on any atom is 0.255 e. The van der Waals surface area contributed by atoms with Crippen LogP contribution < -0.4 is 4.90 Å². The van der Waals surface area contributed by atoms with E-state index < -0.39 is 5.82 Å². The first-order valence-electron chi connectivity index (χ1n) is 9.99. The van der Waals surface area contributed by atoms with Crippen molar-refractivity contribution < 1.29 is 18.7 Å². The Labute approximate surface area is 179 Å². The average molecular weight is 432 g/mol. The molecule has 2 fully saturated rings. The lowest BCUT2D eigenvalue weighted by molar-refractivity contribution is 0.0535. The van der Waals surface area contributed by atoms with Gasteiger partial charge in [-0.05, 0) is 42.5 Å². The van der Waals surface area contributed by atoms with Crippen LogP contribution in [0.4, 0.5) is 10.1 Å². The molecule has 8 heteroatoms. The van der Waals surface area contributed by atoms with Crippen molar-refractivity contribution in [3.05, 3.63) is 64.4 Å². The third-order valence-electron chi connectivity index (χ3n) is 5.51. The molecule has 158 valence electrons. The van der Waals surface area contributed by atoms with Gasteiger partial charge in [0.1, 0.15) is 5.82 Å². The van der Waals surface area contributed by atoms with Crippen LogP contribution in [0.3, 0.4) is 0 Å². The number of hydrogen-bond acceptors (Lipinski definition) is 4. The fraction of sp³-hybridized carbons (Fsp3) is 0.364. The fourth-order valence-corrected chi connectivity index (χ4v) is 4.01. The zero-order valence-electron chi connectivity index (χ0n) is 16.5. The largest absolute Gasteiger partial charge is 0.378 e. The van der Waals surface area contributed by atoms with E-state index in [1.54, 1.807) is 9.80 Å². The van der Waals surface area contributed by atoms with E-state index in [4.69, 9.17) is 16.3 Å². The Morgan fingerprint density at radius 2 is 1.43 bits per heavy atom. The molecule has 0 saturated carbocycles. The van der Waals surface area contributed by atoms with Gasteiger partial charge < -0.3 is 19.4 Å². The Kier molecular flexibility index (Phi) is 6.20. The molecule has 2 saturated heterocycles. The van der Waals surface area contributed by atoms with E-state index in [-0.39, 0.29) is 22.4 Å². The topological polar surface area (TPSA) is 53.1 Å². The number of carbonyl (C=O) groups is 2. The number of morpholine rings is 1. The van der Waals surface area contributed by atoms with Crippen molar-refractivity contribution in [2.75, 3.05) is 57.4 Å². The molecule has 0 radical (unpaired) electrons. The molecule has 0 aromatic heterocycles. The number of nitrogens with zero attached hydrogens (tertiary/aromatic N) is 3. The van der Waals surface area contributed by atoms with E-state index in [0.29, 0.717) is 45.0 Å². The van der Waals surface area contributed by atoms with Gasteiger partial charge in [0, 0.05) is 50.5 Å². The van der Waals surface area contributed by atoms with Crippen LogP contribution in [0.1, 0.15) is 20.7 Å². The van der Waals surface area contributed by atoms with Crippen LogP contribution in [0.2, 0.25) is 5.02 Å². The molecular weight excluding hydrogens is 409 g/mol. The van der Waals surface area contributed by atoms with Gasteiger partial charge in [-0.2, -0.15) is 0 Å². The second-order valence-corrected chi connectivity index (χ2v) is 7.76. The molecule has 0 spiro atoms. The Balaban J connectivity index is 1.35. The minimum Gasteiger partial charge on any atom is -0.378 e. The molecular formula is C22H23ClFN3O3. The maximum atomic E-state index is 13.2. The lowest BCUT2D eigenvalue weighted by atomic mass is 10.1. The number of benzene rings is 2. The SMILES string of the molecule is O=C(c1ccc(N2CCOCC2)cc1)N1CCN(C(=O)c2ccc(F)cc2Cl)CC1. The van der Waals surface area contributed by atoms with Crippen LogP contribution in [-0.4, -0.2) is 74.1 Å². The third kappa shape index (κ3) is 4.42. The zero-order chi connectivity index (χ0) is 21.1. The van der Waals surface area contributed by atoms with Crippen molar-refractivity contribution >= 4 is 29.1 Å². The summed E-state index contributed by atoms with van der Waals surface area (Å²) in [7, 11) is 0. The van der Waals surface area contributed by atoms with Crippen LogP contribution in [0.15, 0.2) is 42.5 Å². The minimum atomic E-state index is -0.480. The summed E-state index contributed by atoms with van der Waals surface area (Å²) in [6.07, 6.45) is 0. The number of anilines is 1. The first kappa shape index (κ1) is 20.6. The van der Waals surface area contributed by atoms with E-state index in [1.807, 2.05) is 24.3 Å². The highest BCUT2D eigenvalue weighted by molar-refractivity contribution is 6.33. The van der Waals surface area contributed by atoms with Gasteiger partial charge in [0.25, 0.3) is 11.8 Å². The number of ether oxygens (including phenoxy) is 1. The second-order valence-electron chi connectivity index (χ2n) is 7.35. The van der Waals surface area contributed by atoms with E-state index in [2.05, 4.69) is 4.90 Å². The molecule has 0 unspecified atom stereocenters. The molecule has 0 atom stereocenters. The maximum absolute atomic E-state index is 13.2. The Bertz CT molecular complexity index is 924. The molecule has 30 heavy (non-hydrogen) atoms. The number of halogens is 2. The Morgan fingerprint density at radius 3 is 2.03 bits per heavy atom. The van der Waals surface area contributed by atoms with Crippen molar-refractivity contribution in [3.63, 3.8) is 0 Å². The predicted molar refractivity (Wildman–Crippen MR) is 113 cm³/mol. The lowest BCUT2D eigenvalue weighted by Crippen LogP contribution is -2.50. The van der Waals surface area contributed by atoms with Gasteiger partial charge in [-0.15, -0.1) is 0 Å². The van der Waals surface area contributed by atoms with Gasteiger partial charge in [0.2, 0.25) is 0 Å². The van der Waals surface area contributed by atoms with Crippen molar-refractivity contribution in [2.24, 2.45) is 0 Å². The Morgan fingerprint density at radius 1 is 0.833 bits per heavy atom. The van der Waals surface area contributed by atoms with Crippen LogP contribution in [0, 0.1) is 5.82 Å². The molecule has 0 bridgehead atoms. The minimum absolute atomic E-state index is 0.0459. The van der Waals surface area contributed by atoms with E-state index in [9.17, 15) is 14.0 Å². The standard InChI is InChI=1S/C22H23ClFN3O3/c23-20-15-17(24)3-6-19(20)22(29)27-9-7-26(8-10-27)21(28)16-1-4-18(5-2-16)25-11-13-30-14-12-25/h1-6,15H,7-14H2. The molecule has 2 aromatic rings. The number of piperazine rings is 1. The van der Waals surface area contributed by atoms with Crippen LogP contribution in [0.25, 0.3) is 0 Å². The van der Waals surface area contributed by atoms with E-state index >= 15 is 0 Å². The summed E-state index contributed by atoms with van der Waals surface area (Å²) in [6.45, 7) is 4.82. The van der Waals surface area contributed by atoms with Crippen LogP contribution in [-0.2, 0) is 4.74 Å². The quantitative estimate of drug-likeness (QED) is 0.750. The first-order chi connectivity index (χ1) is 14.5. The highest BCUT2D eigenvalue weighted by Crippen LogP contribution is 2.21. The van der Waals surface area contributed by atoms with Crippen molar-refractivity contribution in [2.45, 2.75) is 0 Å². The smallest absolute Gasteiger partial charge is 0.255 e. The zero-order valence-corrected chi connectivity index (χ0v) is 17.3. The number of carbonyl (C=O) groups excluding carboxylic acids is 2. The number of rotatable bonds is 3. The molecule has 2 aliphatic heterocycles. The third-order valence-corrected chi connectivity index (χ3v) is 5.82. The van der Waals surface area contributed by atoms with Gasteiger partial charge in [0.05, 0.1) is 23.8 Å². The molecule has 2 heterocycles. The number of amides is 2. The number of hydrogen-bond donors (Lipinski definition) is 0. The van der Waals surface area contributed by atoms with Gasteiger partial charge in [0.15, 0.2) is 0 Å². The fourth-order valence-electron chi connectivity index (χ4n) is 3.76. The lowest BCUT2D eigenvalue weighted by Gasteiger charge is -2.35. The summed E-state index contributed by atoms with van der Waals surface area (Å²) < 4.78 is 18.6. The van der Waals surface area contributed by atoms with Gasteiger partial charge in [-0.1, -0.05) is 11.6 Å². The van der Waals surface area contributed by atoms with Gasteiger partial charge in [-0.25, -0.2) is 4.39 Å². The van der Waals surface area contributed by atoms with Crippen molar-refractivity contribution in [1.29, 1.82) is 0 Å². The highest BCUT2D eigenvalue weighted by atomic mass is 35.5. The van der Waals surface area contributed by atoms with Crippen molar-refractivity contribution in [1.82, 2.24) is 9.80 Å². The average Bonchev–Trinajstić information content (AvgIpc) is 2.79. The summed E-state index contributed by atoms with van der Waals surface area (Å²) in [6, 6.07) is 11.4.